The second-order valence-corrected chi connectivity index (χ2v) is 8.79. The van der Waals surface area contributed by atoms with E-state index in [1.807, 2.05) is 42.2 Å². The molecule has 1 saturated heterocycles. The average molecular weight is 460 g/mol. The number of rotatable bonds is 12. The summed E-state index contributed by atoms with van der Waals surface area (Å²) in [5, 5.41) is 23.9. The van der Waals surface area contributed by atoms with E-state index in [0.717, 1.165) is 38.0 Å². The molecule has 3 rings (SSSR count). The first kappa shape index (κ1) is 25.3. The van der Waals surface area contributed by atoms with E-state index < -0.39 is 6.23 Å². The molecule has 0 amide bonds. The Balaban J connectivity index is 1.59. The number of benzene rings is 2. The van der Waals surface area contributed by atoms with Crippen LogP contribution in [0.2, 0.25) is 0 Å². The quantitative estimate of drug-likeness (QED) is 0.328. The van der Waals surface area contributed by atoms with Crippen LogP contribution in [0.3, 0.4) is 0 Å². The van der Waals surface area contributed by atoms with Gasteiger partial charge in [0.1, 0.15) is 11.6 Å². The van der Waals surface area contributed by atoms with Crippen LogP contribution in [0.25, 0.3) is 0 Å². The predicted molar refractivity (Wildman–Crippen MR) is 132 cm³/mol. The molecule has 3 atom stereocenters. The van der Waals surface area contributed by atoms with Crippen molar-refractivity contribution in [3.05, 3.63) is 53.8 Å². The maximum absolute atomic E-state index is 15.0. The number of unbranched alkanes of at least 4 members (excludes halogenated alkanes) is 1. The molecule has 1 aliphatic rings. The highest BCUT2D eigenvalue weighted by atomic mass is 19.1. The normalized spacial score (nSPS) is 17.8. The van der Waals surface area contributed by atoms with E-state index in [1.54, 1.807) is 18.0 Å². The molecule has 0 bridgehead atoms. The van der Waals surface area contributed by atoms with E-state index in [1.165, 1.54) is 6.07 Å². The molecule has 33 heavy (non-hydrogen) atoms. The van der Waals surface area contributed by atoms with Gasteiger partial charge in [-0.05, 0) is 49.6 Å². The fourth-order valence-corrected chi connectivity index (χ4v) is 4.00. The van der Waals surface area contributed by atoms with Crippen LogP contribution in [-0.4, -0.2) is 55.6 Å². The minimum absolute atomic E-state index is 0.240. The third-order valence-corrected chi connectivity index (χ3v) is 6.29. The van der Waals surface area contributed by atoms with Gasteiger partial charge in [-0.2, -0.15) is 0 Å². The van der Waals surface area contributed by atoms with E-state index >= 15 is 0 Å². The van der Waals surface area contributed by atoms with Gasteiger partial charge in [0.2, 0.25) is 0 Å². The van der Waals surface area contributed by atoms with Gasteiger partial charge in [-0.15, -0.1) is 0 Å². The maximum Gasteiger partial charge on any atom is 0.153 e. The van der Waals surface area contributed by atoms with Crippen molar-refractivity contribution in [1.29, 1.82) is 0 Å². The molecule has 0 aliphatic carbocycles. The highest BCUT2D eigenvalue weighted by molar-refractivity contribution is 5.58. The van der Waals surface area contributed by atoms with Crippen LogP contribution in [0, 0.1) is 5.82 Å². The fraction of sp³-hybridized carbons (Fsp3) is 0.538. The van der Waals surface area contributed by atoms with Crippen molar-refractivity contribution < 1.29 is 19.3 Å². The lowest BCUT2D eigenvalue weighted by Crippen LogP contribution is -2.37. The Bertz CT molecular complexity index is 864. The van der Waals surface area contributed by atoms with Gasteiger partial charge in [0, 0.05) is 44.0 Å². The minimum Gasteiger partial charge on any atom is -0.494 e. The molecule has 3 N–H and O–H groups in total. The number of aliphatic hydroxyl groups is 2. The lowest BCUT2D eigenvalue weighted by Gasteiger charge is -2.27. The Morgan fingerprint density at radius 1 is 1.18 bits per heavy atom. The molecular weight excluding hydrogens is 421 g/mol. The van der Waals surface area contributed by atoms with Crippen LogP contribution in [0.15, 0.2) is 42.5 Å². The molecule has 182 valence electrons. The topological polar surface area (TPSA) is 68.2 Å². The Morgan fingerprint density at radius 2 is 1.94 bits per heavy atom. The van der Waals surface area contributed by atoms with E-state index in [9.17, 15) is 14.6 Å². The summed E-state index contributed by atoms with van der Waals surface area (Å²) in [5.41, 5.74) is 1.88. The molecule has 0 aromatic heterocycles. The summed E-state index contributed by atoms with van der Waals surface area (Å²) in [5.74, 6) is 0.473. The summed E-state index contributed by atoms with van der Waals surface area (Å²) in [6.45, 7) is 6.78. The summed E-state index contributed by atoms with van der Waals surface area (Å²) < 4.78 is 20.7. The second-order valence-electron chi connectivity index (χ2n) is 8.79. The number of anilines is 2. The van der Waals surface area contributed by atoms with Gasteiger partial charge >= 0.3 is 0 Å². The van der Waals surface area contributed by atoms with Crippen molar-refractivity contribution in [2.75, 3.05) is 43.1 Å². The molecule has 1 fully saturated rings. The smallest absolute Gasteiger partial charge is 0.153 e. The summed E-state index contributed by atoms with van der Waals surface area (Å²) >= 11 is 0. The predicted octanol–water partition coefficient (Wildman–Crippen LogP) is 4.07. The van der Waals surface area contributed by atoms with Crippen molar-refractivity contribution in [2.45, 2.75) is 57.9 Å². The fourth-order valence-electron chi connectivity index (χ4n) is 4.00. The Labute approximate surface area is 197 Å². The zero-order chi connectivity index (χ0) is 23.8. The lowest BCUT2D eigenvalue weighted by atomic mass is 10.1. The van der Waals surface area contributed by atoms with E-state index in [4.69, 9.17) is 4.74 Å². The molecule has 0 radical (unpaired) electrons. The van der Waals surface area contributed by atoms with Gasteiger partial charge in [0.15, 0.2) is 6.23 Å². The highest BCUT2D eigenvalue weighted by Crippen LogP contribution is 2.30. The Kier molecular flexibility index (Phi) is 9.35. The van der Waals surface area contributed by atoms with E-state index in [0.29, 0.717) is 36.6 Å². The zero-order valence-corrected chi connectivity index (χ0v) is 20.0. The molecule has 0 saturated carbocycles. The van der Waals surface area contributed by atoms with E-state index in [-0.39, 0.29) is 18.0 Å². The van der Waals surface area contributed by atoms with Crippen molar-refractivity contribution >= 4 is 11.4 Å². The van der Waals surface area contributed by atoms with Gasteiger partial charge in [-0.3, -0.25) is 0 Å². The molecular formula is C26H38FN3O3. The molecule has 6 nitrogen and oxygen atoms in total. The minimum atomic E-state index is -0.898. The van der Waals surface area contributed by atoms with Crippen LogP contribution in [0.5, 0.6) is 5.75 Å². The molecule has 2 aromatic rings. The summed E-state index contributed by atoms with van der Waals surface area (Å²) in [6.07, 6.45) is 2.47. The van der Waals surface area contributed by atoms with Crippen LogP contribution in [0.4, 0.5) is 15.8 Å². The summed E-state index contributed by atoms with van der Waals surface area (Å²) in [6, 6.07) is 12.7. The number of nitrogens with zero attached hydrogens (tertiary/aromatic N) is 2. The van der Waals surface area contributed by atoms with Crippen LogP contribution < -0.4 is 19.9 Å². The Morgan fingerprint density at radius 3 is 2.61 bits per heavy atom. The van der Waals surface area contributed by atoms with Crippen LogP contribution >= 0.6 is 0 Å². The van der Waals surface area contributed by atoms with Gasteiger partial charge in [-0.1, -0.05) is 32.4 Å². The number of halogens is 1. The number of nitrogens with one attached hydrogen (secondary N) is 1. The molecule has 1 aliphatic heterocycles. The summed E-state index contributed by atoms with van der Waals surface area (Å²) in [4.78, 5) is 3.68. The monoisotopic (exact) mass is 459 g/mol. The molecule has 7 heteroatoms. The largest absolute Gasteiger partial charge is 0.494 e. The second kappa shape index (κ2) is 12.2. The highest BCUT2D eigenvalue weighted by Gasteiger charge is 2.25. The van der Waals surface area contributed by atoms with Crippen molar-refractivity contribution in [3.8, 4) is 5.75 Å². The van der Waals surface area contributed by atoms with E-state index in [2.05, 4.69) is 12.2 Å². The third-order valence-electron chi connectivity index (χ3n) is 6.29. The standard InChI is InChI=1S/C26H38FN3O3/c1-4-6-15-33-23-10-7-19(8-11-23)26(32)29(3)21-9-12-25(24(27)16-21)30-14-13-20(18-30)28-17-22(31)5-2/h7-12,16,20,22,26,28,31-32H,4-6,13-15,17-18H2,1-3H3. The summed E-state index contributed by atoms with van der Waals surface area (Å²) in [7, 11) is 1.75. The van der Waals surface area contributed by atoms with Gasteiger partial charge in [0.05, 0.1) is 18.4 Å². The zero-order valence-electron chi connectivity index (χ0n) is 20.0. The number of ether oxygens (including phenoxy) is 1. The lowest BCUT2D eigenvalue weighted by molar-refractivity contribution is 0.164. The van der Waals surface area contributed by atoms with Gasteiger partial charge in [-0.25, -0.2) is 4.39 Å². The SMILES string of the molecule is CCCCOc1ccc(C(O)N(C)c2ccc(N3CCC(NCC(O)CC)C3)c(F)c2)cc1. The molecule has 1 heterocycles. The number of aliphatic hydroxyl groups excluding tert-OH is 2. The van der Waals surface area contributed by atoms with Crippen LogP contribution in [-0.2, 0) is 0 Å². The maximum atomic E-state index is 15.0. The Hall–Kier alpha value is -2.35. The molecule has 2 aromatic carbocycles. The van der Waals surface area contributed by atoms with Gasteiger partial charge < -0.3 is 30.1 Å². The first-order valence-corrected chi connectivity index (χ1v) is 12.0. The van der Waals surface area contributed by atoms with Gasteiger partial charge in [0.25, 0.3) is 0 Å². The molecule has 0 spiro atoms. The molecule has 3 unspecified atom stereocenters. The number of hydrogen-bond acceptors (Lipinski definition) is 6. The third kappa shape index (κ3) is 6.82. The van der Waals surface area contributed by atoms with Crippen molar-refractivity contribution in [2.24, 2.45) is 0 Å². The first-order valence-electron chi connectivity index (χ1n) is 12.0. The average Bonchev–Trinajstić information content (AvgIpc) is 3.30. The van der Waals surface area contributed by atoms with Crippen molar-refractivity contribution in [1.82, 2.24) is 5.32 Å². The van der Waals surface area contributed by atoms with Crippen LogP contribution in [0.1, 0.15) is 51.3 Å². The first-order chi connectivity index (χ1) is 15.9. The number of hydrogen-bond donors (Lipinski definition) is 3. The van der Waals surface area contributed by atoms with Crippen molar-refractivity contribution in [3.63, 3.8) is 0 Å².